The zero-order valence-electron chi connectivity index (χ0n) is 18.8. The first-order valence-electron chi connectivity index (χ1n) is 10.4. The second-order valence-corrected chi connectivity index (χ2v) is 9.46. The largest absolute Gasteiger partial charge is 0.497 e. The van der Waals surface area contributed by atoms with Crippen LogP contribution < -0.4 is 20.2 Å². The Morgan fingerprint density at radius 1 is 1.00 bits per heavy atom. The minimum absolute atomic E-state index is 0.142. The summed E-state index contributed by atoms with van der Waals surface area (Å²) in [6, 6.07) is 15.7. The van der Waals surface area contributed by atoms with Crippen molar-refractivity contribution in [3.05, 3.63) is 89.0 Å². The molecule has 1 heterocycles. The Kier molecular flexibility index (Phi) is 6.57. The first kappa shape index (κ1) is 24.0. The number of carbonyl (C=O) groups is 1. The van der Waals surface area contributed by atoms with Crippen molar-refractivity contribution in [1.29, 1.82) is 0 Å². The number of sulfone groups is 1. The number of anilines is 1. The van der Waals surface area contributed by atoms with Crippen LogP contribution in [0, 0.1) is 5.82 Å². The van der Waals surface area contributed by atoms with Gasteiger partial charge in [0.1, 0.15) is 28.8 Å². The first-order chi connectivity index (χ1) is 16.7. The molecule has 8 nitrogen and oxygen atoms in total. The second kappa shape index (κ2) is 9.59. The van der Waals surface area contributed by atoms with Gasteiger partial charge in [0.15, 0.2) is 0 Å². The van der Waals surface area contributed by atoms with Crippen LogP contribution in [-0.2, 0) is 21.2 Å². The van der Waals surface area contributed by atoms with Crippen LogP contribution >= 0.6 is 0 Å². The average Bonchev–Trinajstić information content (AvgIpc) is 2.86. The van der Waals surface area contributed by atoms with Crippen LogP contribution in [0.15, 0.2) is 87.5 Å². The third-order valence-electron chi connectivity index (χ3n) is 5.36. The summed E-state index contributed by atoms with van der Waals surface area (Å²) in [5.74, 6) is -0.333. The van der Waals surface area contributed by atoms with E-state index in [-0.39, 0.29) is 22.3 Å². The summed E-state index contributed by atoms with van der Waals surface area (Å²) >= 11 is 0. The van der Waals surface area contributed by atoms with E-state index in [9.17, 15) is 22.4 Å². The predicted molar refractivity (Wildman–Crippen MR) is 128 cm³/mol. The van der Waals surface area contributed by atoms with E-state index in [0.717, 1.165) is 18.3 Å². The van der Waals surface area contributed by atoms with Crippen LogP contribution in [0.5, 0.6) is 11.5 Å². The van der Waals surface area contributed by atoms with Gasteiger partial charge < -0.3 is 19.4 Å². The number of methoxy groups -OCH3 is 2. The van der Waals surface area contributed by atoms with Crippen LogP contribution in [0.4, 0.5) is 10.1 Å². The van der Waals surface area contributed by atoms with Crippen molar-refractivity contribution in [2.45, 2.75) is 16.3 Å². The number of rotatable bonds is 7. The van der Waals surface area contributed by atoms with Crippen LogP contribution in [0.1, 0.15) is 0 Å². The third kappa shape index (κ3) is 4.73. The number of para-hydroxylation sites is 2. The number of fused-ring (bicyclic) bond motifs is 1. The van der Waals surface area contributed by atoms with Crippen molar-refractivity contribution >= 4 is 32.3 Å². The fourth-order valence-electron chi connectivity index (χ4n) is 3.64. The Morgan fingerprint density at radius 2 is 1.71 bits per heavy atom. The zero-order valence-corrected chi connectivity index (χ0v) is 19.6. The van der Waals surface area contributed by atoms with Crippen LogP contribution in [0.3, 0.4) is 0 Å². The van der Waals surface area contributed by atoms with E-state index in [2.05, 4.69) is 5.32 Å². The lowest BCUT2D eigenvalue weighted by atomic mass is 10.2. The Balaban J connectivity index is 1.81. The van der Waals surface area contributed by atoms with E-state index in [1.165, 1.54) is 49.1 Å². The predicted octanol–water partition coefficient (Wildman–Crippen LogP) is 3.63. The van der Waals surface area contributed by atoms with Gasteiger partial charge in [-0.25, -0.2) is 12.8 Å². The van der Waals surface area contributed by atoms with Gasteiger partial charge >= 0.3 is 0 Å². The molecule has 0 aliphatic carbocycles. The lowest BCUT2D eigenvalue weighted by molar-refractivity contribution is -0.116. The first-order valence-corrected chi connectivity index (χ1v) is 11.9. The number of aromatic nitrogens is 1. The number of amides is 1. The molecule has 0 radical (unpaired) electrons. The van der Waals surface area contributed by atoms with E-state index >= 15 is 0 Å². The standard InChI is InChI=1S/C25H21FN2O6S/c1-33-17-8-10-18(11-9-17)35(31,32)23-14-28(21-12-7-16(26)13-19(21)25(23)30)15-24(29)27-20-5-3-4-6-22(20)34-2/h3-14H,15H2,1-2H3,(H,27,29). The number of ether oxygens (including phenoxy) is 2. The maximum atomic E-state index is 14.0. The van der Waals surface area contributed by atoms with Crippen LogP contribution in [-0.4, -0.2) is 33.1 Å². The topological polar surface area (TPSA) is 104 Å². The van der Waals surface area contributed by atoms with Crippen molar-refractivity contribution in [3.8, 4) is 11.5 Å². The zero-order chi connectivity index (χ0) is 25.2. The summed E-state index contributed by atoms with van der Waals surface area (Å²) in [6.07, 6.45) is 1.10. The molecule has 1 amide bonds. The van der Waals surface area contributed by atoms with Gasteiger partial charge in [0, 0.05) is 11.6 Å². The number of halogens is 1. The molecular formula is C25H21FN2O6S. The second-order valence-electron chi connectivity index (χ2n) is 7.54. The van der Waals surface area contributed by atoms with Gasteiger partial charge in [0.2, 0.25) is 21.2 Å². The summed E-state index contributed by atoms with van der Waals surface area (Å²) < 4.78 is 52.3. The van der Waals surface area contributed by atoms with Gasteiger partial charge in [-0.05, 0) is 54.6 Å². The summed E-state index contributed by atoms with van der Waals surface area (Å²) in [6.45, 7) is -0.342. The lowest BCUT2D eigenvalue weighted by Gasteiger charge is -2.15. The summed E-state index contributed by atoms with van der Waals surface area (Å²) in [4.78, 5) is 25.3. The maximum absolute atomic E-state index is 14.0. The molecule has 0 saturated heterocycles. The number of nitrogens with one attached hydrogen (secondary N) is 1. The Hall–Kier alpha value is -4.18. The quantitative estimate of drug-likeness (QED) is 0.419. The Bertz CT molecular complexity index is 1580. The monoisotopic (exact) mass is 496 g/mol. The Labute approximate surface area is 200 Å². The molecule has 3 aromatic carbocycles. The van der Waals surface area contributed by atoms with Crippen LogP contribution in [0.25, 0.3) is 10.9 Å². The smallest absolute Gasteiger partial charge is 0.244 e. The fraction of sp³-hybridized carbons (Fsp3) is 0.120. The summed E-state index contributed by atoms with van der Waals surface area (Å²) in [5, 5.41) is 2.54. The molecule has 1 aromatic heterocycles. The van der Waals surface area contributed by atoms with Gasteiger partial charge in [0.05, 0.1) is 30.3 Å². The van der Waals surface area contributed by atoms with Gasteiger partial charge in [-0.3, -0.25) is 9.59 Å². The summed E-state index contributed by atoms with van der Waals surface area (Å²) in [5.41, 5.74) is -0.237. The maximum Gasteiger partial charge on any atom is 0.244 e. The molecule has 0 unspecified atom stereocenters. The van der Waals surface area contributed by atoms with E-state index in [0.29, 0.717) is 17.2 Å². The number of carbonyl (C=O) groups excluding carboxylic acids is 1. The molecule has 4 rings (SSSR count). The molecule has 1 N–H and O–H groups in total. The molecule has 0 saturated carbocycles. The molecule has 0 atom stereocenters. The molecule has 0 fully saturated rings. The van der Waals surface area contributed by atoms with Crippen molar-refractivity contribution in [3.63, 3.8) is 0 Å². The lowest BCUT2D eigenvalue weighted by Crippen LogP contribution is -2.24. The van der Waals surface area contributed by atoms with Gasteiger partial charge in [-0.1, -0.05) is 12.1 Å². The van der Waals surface area contributed by atoms with Gasteiger partial charge in [-0.15, -0.1) is 0 Å². The van der Waals surface area contributed by atoms with E-state index in [4.69, 9.17) is 9.47 Å². The number of pyridine rings is 1. The van der Waals surface area contributed by atoms with Crippen molar-refractivity contribution in [2.24, 2.45) is 0 Å². The Morgan fingerprint density at radius 3 is 2.40 bits per heavy atom. The normalized spacial score (nSPS) is 11.3. The summed E-state index contributed by atoms with van der Waals surface area (Å²) in [7, 11) is -1.39. The van der Waals surface area contributed by atoms with Crippen molar-refractivity contribution in [2.75, 3.05) is 19.5 Å². The van der Waals surface area contributed by atoms with Crippen molar-refractivity contribution in [1.82, 2.24) is 4.57 Å². The molecular weight excluding hydrogens is 475 g/mol. The van der Waals surface area contributed by atoms with E-state index in [1.807, 2.05) is 0 Å². The fourth-order valence-corrected chi connectivity index (χ4v) is 5.01. The van der Waals surface area contributed by atoms with Gasteiger partial charge in [-0.2, -0.15) is 0 Å². The van der Waals surface area contributed by atoms with Gasteiger partial charge in [0.25, 0.3) is 0 Å². The number of nitrogens with zero attached hydrogens (tertiary/aromatic N) is 1. The molecule has 0 aliphatic heterocycles. The molecule has 0 bridgehead atoms. The van der Waals surface area contributed by atoms with Crippen molar-refractivity contribution < 1.29 is 27.1 Å². The highest BCUT2D eigenvalue weighted by atomic mass is 32.2. The molecule has 35 heavy (non-hydrogen) atoms. The molecule has 4 aromatic rings. The molecule has 0 aliphatic rings. The highest BCUT2D eigenvalue weighted by Gasteiger charge is 2.25. The highest BCUT2D eigenvalue weighted by molar-refractivity contribution is 7.91. The van der Waals surface area contributed by atoms with Crippen LogP contribution in [0.2, 0.25) is 0 Å². The van der Waals surface area contributed by atoms with E-state index < -0.39 is 31.9 Å². The van der Waals surface area contributed by atoms with E-state index in [1.54, 1.807) is 24.3 Å². The minimum atomic E-state index is -4.29. The average molecular weight is 497 g/mol. The molecule has 0 spiro atoms. The minimum Gasteiger partial charge on any atom is -0.497 e. The highest BCUT2D eigenvalue weighted by Crippen LogP contribution is 2.25. The molecule has 180 valence electrons. The number of hydrogen-bond acceptors (Lipinski definition) is 6. The number of hydrogen-bond donors (Lipinski definition) is 1. The molecule has 10 heteroatoms. The SMILES string of the molecule is COc1ccc(S(=O)(=O)c2cn(CC(=O)Nc3ccccc3OC)c3ccc(F)cc3c2=O)cc1. The third-order valence-corrected chi connectivity index (χ3v) is 7.13. The number of benzene rings is 3.